The van der Waals surface area contributed by atoms with Gasteiger partial charge in [-0.25, -0.2) is 0 Å². The zero-order valence-electron chi connectivity index (χ0n) is 12.3. The lowest BCUT2D eigenvalue weighted by Gasteiger charge is -2.32. The average molecular weight is 270 g/mol. The smallest absolute Gasteiger partial charge is 0.399 e. The van der Waals surface area contributed by atoms with Crippen LogP contribution >= 0.6 is 0 Å². The monoisotopic (exact) mass is 270 g/mol. The highest BCUT2D eigenvalue weighted by Gasteiger charge is 2.51. The van der Waals surface area contributed by atoms with E-state index in [1.807, 2.05) is 24.5 Å². The van der Waals surface area contributed by atoms with Crippen LogP contribution in [0.5, 0.6) is 0 Å². The summed E-state index contributed by atoms with van der Waals surface area (Å²) < 4.78 is 12.2. The van der Waals surface area contributed by atoms with Crippen LogP contribution in [0.4, 0.5) is 0 Å². The fourth-order valence-corrected chi connectivity index (χ4v) is 2.25. The molecule has 1 saturated heterocycles. The van der Waals surface area contributed by atoms with Gasteiger partial charge in [0.1, 0.15) is 0 Å². The van der Waals surface area contributed by atoms with Gasteiger partial charge < -0.3 is 9.31 Å². The number of benzene rings is 1. The largest absolute Gasteiger partial charge is 0.494 e. The van der Waals surface area contributed by atoms with Gasteiger partial charge in [0.15, 0.2) is 0 Å². The first kappa shape index (κ1) is 13.4. The van der Waals surface area contributed by atoms with Gasteiger partial charge in [-0.05, 0) is 38.7 Å². The first-order valence-corrected chi connectivity index (χ1v) is 6.84. The van der Waals surface area contributed by atoms with Crippen LogP contribution in [-0.2, 0) is 9.31 Å². The summed E-state index contributed by atoms with van der Waals surface area (Å²) in [5.41, 5.74) is 2.56. The minimum absolute atomic E-state index is 0.316. The number of nitrogens with zero attached hydrogens (tertiary/aromatic N) is 1. The molecule has 1 aliphatic heterocycles. The Morgan fingerprint density at radius 2 is 1.75 bits per heavy atom. The summed E-state index contributed by atoms with van der Waals surface area (Å²) >= 11 is 0. The third-order valence-corrected chi connectivity index (χ3v) is 4.24. The molecule has 0 radical (unpaired) electrons. The first-order chi connectivity index (χ1) is 9.39. The normalized spacial score (nSPS) is 20.3. The second kappa shape index (κ2) is 4.47. The van der Waals surface area contributed by atoms with Crippen LogP contribution in [0.3, 0.4) is 0 Å². The summed E-state index contributed by atoms with van der Waals surface area (Å²) in [5, 5.41) is 6.82. The van der Waals surface area contributed by atoms with Crippen LogP contribution < -0.4 is 5.46 Å². The molecular formula is C15H19BN2O2. The van der Waals surface area contributed by atoms with E-state index in [1.165, 1.54) is 0 Å². The minimum Gasteiger partial charge on any atom is -0.399 e. The number of aromatic nitrogens is 2. The molecule has 0 unspecified atom stereocenters. The third kappa shape index (κ3) is 2.17. The van der Waals surface area contributed by atoms with Crippen molar-refractivity contribution in [2.24, 2.45) is 0 Å². The van der Waals surface area contributed by atoms with Crippen molar-refractivity contribution < 1.29 is 9.31 Å². The van der Waals surface area contributed by atoms with Crippen LogP contribution in [0.1, 0.15) is 27.7 Å². The molecule has 2 aromatic rings. The maximum atomic E-state index is 6.08. The van der Waals surface area contributed by atoms with E-state index in [4.69, 9.17) is 9.31 Å². The summed E-state index contributed by atoms with van der Waals surface area (Å²) in [6, 6.07) is 8.20. The number of aromatic amines is 1. The molecule has 0 aliphatic carbocycles. The number of nitrogens with one attached hydrogen (secondary N) is 1. The van der Waals surface area contributed by atoms with Crippen LogP contribution in [-0.4, -0.2) is 28.5 Å². The number of hydrogen-bond donors (Lipinski definition) is 1. The van der Waals surface area contributed by atoms with E-state index in [9.17, 15) is 0 Å². The Bertz CT molecular complexity index is 592. The van der Waals surface area contributed by atoms with Gasteiger partial charge in [-0.2, -0.15) is 5.10 Å². The molecule has 0 spiro atoms. The lowest BCUT2D eigenvalue weighted by Crippen LogP contribution is -2.41. The Labute approximate surface area is 119 Å². The predicted octanol–water partition coefficient (Wildman–Crippen LogP) is 2.38. The Balaban J connectivity index is 1.91. The van der Waals surface area contributed by atoms with Crippen molar-refractivity contribution in [1.82, 2.24) is 10.2 Å². The van der Waals surface area contributed by atoms with E-state index in [0.717, 1.165) is 16.6 Å². The molecule has 1 aromatic carbocycles. The van der Waals surface area contributed by atoms with E-state index in [1.54, 1.807) is 0 Å². The average Bonchev–Trinajstić information content (AvgIpc) is 2.97. The second-order valence-corrected chi connectivity index (χ2v) is 6.20. The van der Waals surface area contributed by atoms with Gasteiger partial charge in [-0.1, -0.05) is 24.3 Å². The van der Waals surface area contributed by atoms with Crippen LogP contribution in [0, 0.1) is 0 Å². The molecule has 104 valence electrons. The van der Waals surface area contributed by atoms with E-state index >= 15 is 0 Å². The number of H-pyrrole nitrogens is 1. The third-order valence-electron chi connectivity index (χ3n) is 4.24. The topological polar surface area (TPSA) is 47.1 Å². The molecule has 0 bridgehead atoms. The number of hydrogen-bond acceptors (Lipinski definition) is 3. The summed E-state index contributed by atoms with van der Waals surface area (Å²) in [6.45, 7) is 8.25. The highest BCUT2D eigenvalue weighted by Crippen LogP contribution is 2.36. The lowest BCUT2D eigenvalue weighted by molar-refractivity contribution is 0.00578. The Morgan fingerprint density at radius 1 is 1.05 bits per heavy atom. The fraction of sp³-hybridized carbons (Fsp3) is 0.400. The summed E-state index contributed by atoms with van der Waals surface area (Å²) in [4.78, 5) is 0. The van der Waals surface area contributed by atoms with Crippen LogP contribution in [0.2, 0.25) is 0 Å². The molecule has 0 saturated carbocycles. The van der Waals surface area contributed by atoms with Crippen molar-refractivity contribution in [3.05, 3.63) is 36.7 Å². The van der Waals surface area contributed by atoms with Gasteiger partial charge in [0, 0.05) is 11.8 Å². The molecule has 0 amide bonds. The molecule has 1 fully saturated rings. The van der Waals surface area contributed by atoms with Gasteiger partial charge >= 0.3 is 7.12 Å². The summed E-state index contributed by atoms with van der Waals surface area (Å²) in [7, 11) is -0.327. The molecule has 5 heteroatoms. The minimum atomic E-state index is -0.327. The van der Waals surface area contributed by atoms with Crippen molar-refractivity contribution >= 4 is 12.6 Å². The molecule has 1 aromatic heterocycles. The second-order valence-electron chi connectivity index (χ2n) is 6.20. The van der Waals surface area contributed by atoms with E-state index in [2.05, 4.69) is 50.0 Å². The number of rotatable bonds is 2. The van der Waals surface area contributed by atoms with Crippen molar-refractivity contribution in [1.29, 1.82) is 0 Å². The standard InChI is InChI=1S/C15H19BN2O2/c1-14(2)15(3,4)20-16(19-14)13-7-5-6-11(8-13)12-9-17-18-10-12/h5-10H,1-4H3,(H,17,18). The van der Waals surface area contributed by atoms with Gasteiger partial charge in [0.25, 0.3) is 0 Å². The van der Waals surface area contributed by atoms with Crippen molar-refractivity contribution in [2.75, 3.05) is 0 Å². The summed E-state index contributed by atoms with van der Waals surface area (Å²) in [6.07, 6.45) is 3.69. The molecular weight excluding hydrogens is 251 g/mol. The highest BCUT2D eigenvalue weighted by molar-refractivity contribution is 6.62. The maximum absolute atomic E-state index is 6.08. The van der Waals surface area contributed by atoms with Gasteiger partial charge in [0.2, 0.25) is 0 Å². The molecule has 2 heterocycles. The molecule has 1 aliphatic rings. The van der Waals surface area contributed by atoms with Gasteiger partial charge in [0.05, 0.1) is 17.4 Å². The predicted molar refractivity (Wildman–Crippen MR) is 79.7 cm³/mol. The van der Waals surface area contributed by atoms with E-state index in [-0.39, 0.29) is 18.3 Å². The Morgan fingerprint density at radius 3 is 2.35 bits per heavy atom. The zero-order chi connectivity index (χ0) is 14.4. The van der Waals surface area contributed by atoms with E-state index in [0.29, 0.717) is 0 Å². The quantitative estimate of drug-likeness (QED) is 0.852. The van der Waals surface area contributed by atoms with Crippen molar-refractivity contribution in [2.45, 2.75) is 38.9 Å². The summed E-state index contributed by atoms with van der Waals surface area (Å²) in [5.74, 6) is 0. The molecule has 1 N–H and O–H groups in total. The highest BCUT2D eigenvalue weighted by atomic mass is 16.7. The lowest BCUT2D eigenvalue weighted by atomic mass is 9.78. The Hall–Kier alpha value is -1.59. The molecule has 4 nitrogen and oxygen atoms in total. The van der Waals surface area contributed by atoms with E-state index < -0.39 is 0 Å². The Kier molecular flexibility index (Phi) is 2.99. The zero-order valence-corrected chi connectivity index (χ0v) is 12.3. The fourth-order valence-electron chi connectivity index (χ4n) is 2.25. The van der Waals surface area contributed by atoms with Crippen LogP contribution in [0.25, 0.3) is 11.1 Å². The first-order valence-electron chi connectivity index (χ1n) is 6.84. The maximum Gasteiger partial charge on any atom is 0.494 e. The van der Waals surface area contributed by atoms with Crippen molar-refractivity contribution in [3.63, 3.8) is 0 Å². The molecule has 3 rings (SSSR count). The molecule has 20 heavy (non-hydrogen) atoms. The van der Waals surface area contributed by atoms with Crippen molar-refractivity contribution in [3.8, 4) is 11.1 Å². The molecule has 0 atom stereocenters. The SMILES string of the molecule is CC1(C)OB(c2cccc(-c3cn[nH]c3)c2)OC1(C)C. The van der Waals surface area contributed by atoms with Gasteiger partial charge in [-0.15, -0.1) is 0 Å². The van der Waals surface area contributed by atoms with Crippen LogP contribution in [0.15, 0.2) is 36.7 Å². The van der Waals surface area contributed by atoms with Gasteiger partial charge in [-0.3, -0.25) is 5.10 Å².